The molecule has 2 atom stereocenters. The quantitative estimate of drug-likeness (QED) is 0.819. The van der Waals surface area contributed by atoms with Gasteiger partial charge in [0.2, 0.25) is 0 Å². The second kappa shape index (κ2) is 4.52. The van der Waals surface area contributed by atoms with Gasteiger partial charge in [0.15, 0.2) is 11.5 Å². The van der Waals surface area contributed by atoms with Gasteiger partial charge in [-0.15, -0.1) is 0 Å². The Morgan fingerprint density at radius 1 is 1.39 bits per heavy atom. The maximum atomic E-state index is 9.64. The number of rotatable bonds is 3. The number of hydrogen-bond donors (Lipinski definition) is 1. The van der Waals surface area contributed by atoms with Gasteiger partial charge < -0.3 is 9.84 Å². The summed E-state index contributed by atoms with van der Waals surface area (Å²) in [7, 11) is 0. The molecule has 2 bridgehead atoms. The first kappa shape index (κ1) is 11.4. The summed E-state index contributed by atoms with van der Waals surface area (Å²) in [5.74, 6) is 2.10. The minimum atomic E-state index is 0.218. The fourth-order valence-corrected chi connectivity index (χ4v) is 3.07. The first-order chi connectivity index (χ1) is 8.78. The maximum absolute atomic E-state index is 9.64. The summed E-state index contributed by atoms with van der Waals surface area (Å²) in [5, 5.41) is 9.64. The van der Waals surface area contributed by atoms with E-state index in [9.17, 15) is 5.11 Å². The van der Waals surface area contributed by atoms with Gasteiger partial charge in [-0.1, -0.05) is 29.9 Å². The van der Waals surface area contributed by atoms with Crippen LogP contribution in [0.2, 0.25) is 0 Å². The molecule has 1 fully saturated rings. The molecule has 94 valence electrons. The van der Waals surface area contributed by atoms with Gasteiger partial charge in [0, 0.05) is 0 Å². The van der Waals surface area contributed by atoms with Gasteiger partial charge in [0.1, 0.15) is 6.61 Å². The third kappa shape index (κ3) is 1.92. The van der Waals surface area contributed by atoms with E-state index in [4.69, 9.17) is 4.74 Å². The van der Waals surface area contributed by atoms with Crippen LogP contribution in [0, 0.1) is 11.8 Å². The number of allylic oxidation sites excluding steroid dienone is 3. The molecular weight excluding hydrogens is 224 g/mol. The van der Waals surface area contributed by atoms with Crippen molar-refractivity contribution >= 4 is 0 Å². The fraction of sp³-hybridized carbons (Fsp3) is 0.375. The summed E-state index contributed by atoms with van der Waals surface area (Å²) in [4.78, 5) is 0. The lowest BCUT2D eigenvalue weighted by Gasteiger charge is -2.16. The van der Waals surface area contributed by atoms with Gasteiger partial charge in [-0.3, -0.25) is 0 Å². The van der Waals surface area contributed by atoms with Crippen molar-refractivity contribution in [2.45, 2.75) is 19.8 Å². The second-order valence-electron chi connectivity index (χ2n) is 5.10. The SMILES string of the molecule is CC=C1CC2CC1C=C2COc1ccccc1O. The highest BCUT2D eigenvalue weighted by Crippen LogP contribution is 2.47. The average molecular weight is 242 g/mol. The second-order valence-corrected chi connectivity index (χ2v) is 5.10. The molecule has 0 spiro atoms. The van der Waals surface area contributed by atoms with E-state index in [-0.39, 0.29) is 5.75 Å². The van der Waals surface area contributed by atoms with Crippen LogP contribution in [0.5, 0.6) is 11.5 Å². The number of phenolic OH excluding ortho intramolecular Hbond substituents is 1. The van der Waals surface area contributed by atoms with Crippen molar-refractivity contribution in [1.29, 1.82) is 0 Å². The normalized spacial score (nSPS) is 27.6. The van der Waals surface area contributed by atoms with Crippen molar-refractivity contribution in [2.75, 3.05) is 6.61 Å². The number of fused-ring (bicyclic) bond motifs is 2. The smallest absolute Gasteiger partial charge is 0.161 e. The lowest BCUT2D eigenvalue weighted by molar-refractivity contribution is 0.317. The Balaban J connectivity index is 1.66. The molecule has 2 heteroatoms. The van der Waals surface area contributed by atoms with Gasteiger partial charge in [0.25, 0.3) is 0 Å². The number of aromatic hydroxyl groups is 1. The number of para-hydroxylation sites is 2. The van der Waals surface area contributed by atoms with E-state index in [1.165, 1.54) is 18.4 Å². The third-order valence-corrected chi connectivity index (χ3v) is 4.07. The Kier molecular flexibility index (Phi) is 2.86. The molecule has 2 nitrogen and oxygen atoms in total. The summed E-state index contributed by atoms with van der Waals surface area (Å²) < 4.78 is 5.70. The van der Waals surface area contributed by atoms with Crippen molar-refractivity contribution in [3.63, 3.8) is 0 Å². The van der Waals surface area contributed by atoms with Crippen LogP contribution in [-0.4, -0.2) is 11.7 Å². The van der Waals surface area contributed by atoms with Crippen LogP contribution >= 0.6 is 0 Å². The summed E-state index contributed by atoms with van der Waals surface area (Å²) in [6.07, 6.45) is 7.04. The molecule has 1 saturated carbocycles. The zero-order valence-electron chi connectivity index (χ0n) is 10.6. The molecule has 0 radical (unpaired) electrons. The molecule has 0 heterocycles. The monoisotopic (exact) mass is 242 g/mol. The van der Waals surface area contributed by atoms with E-state index < -0.39 is 0 Å². The third-order valence-electron chi connectivity index (χ3n) is 4.07. The average Bonchev–Trinajstić information content (AvgIpc) is 2.97. The molecule has 0 aliphatic heterocycles. The van der Waals surface area contributed by atoms with E-state index >= 15 is 0 Å². The predicted octanol–water partition coefficient (Wildman–Crippen LogP) is 3.68. The Bertz CT molecular complexity index is 514. The Labute approximate surface area is 108 Å². The van der Waals surface area contributed by atoms with E-state index in [0.29, 0.717) is 24.2 Å². The van der Waals surface area contributed by atoms with Crippen molar-refractivity contribution in [2.24, 2.45) is 11.8 Å². The molecule has 1 aromatic rings. The highest BCUT2D eigenvalue weighted by molar-refractivity contribution is 5.39. The Morgan fingerprint density at radius 2 is 2.22 bits per heavy atom. The van der Waals surface area contributed by atoms with Crippen LogP contribution in [-0.2, 0) is 0 Å². The zero-order chi connectivity index (χ0) is 12.5. The first-order valence-electron chi connectivity index (χ1n) is 6.54. The largest absolute Gasteiger partial charge is 0.504 e. The van der Waals surface area contributed by atoms with Crippen LogP contribution < -0.4 is 4.74 Å². The van der Waals surface area contributed by atoms with Gasteiger partial charge in [-0.2, -0.15) is 0 Å². The van der Waals surface area contributed by atoms with Gasteiger partial charge in [0.05, 0.1) is 0 Å². The van der Waals surface area contributed by atoms with E-state index in [2.05, 4.69) is 19.1 Å². The zero-order valence-corrected chi connectivity index (χ0v) is 10.6. The summed E-state index contributed by atoms with van der Waals surface area (Å²) in [5.41, 5.74) is 2.97. The minimum absolute atomic E-state index is 0.218. The molecule has 1 aromatic carbocycles. The van der Waals surface area contributed by atoms with Crippen molar-refractivity contribution in [1.82, 2.24) is 0 Å². The van der Waals surface area contributed by atoms with Crippen LogP contribution in [0.1, 0.15) is 19.8 Å². The van der Waals surface area contributed by atoms with Gasteiger partial charge in [-0.05, 0) is 49.3 Å². The molecule has 3 rings (SSSR count). The highest BCUT2D eigenvalue weighted by Gasteiger charge is 2.35. The predicted molar refractivity (Wildman–Crippen MR) is 71.7 cm³/mol. The van der Waals surface area contributed by atoms with Crippen LogP contribution in [0.15, 0.2) is 47.6 Å². The van der Waals surface area contributed by atoms with E-state index in [1.54, 1.807) is 23.8 Å². The molecule has 0 amide bonds. The molecule has 1 N–H and O–H groups in total. The lowest BCUT2D eigenvalue weighted by Crippen LogP contribution is -2.08. The standard InChI is InChI=1S/C16H18O2/c1-2-11-7-13-8-12(11)9-14(13)10-18-16-6-4-3-5-15(16)17/h2-6,9,12-13,17H,7-8,10H2,1H3. The maximum Gasteiger partial charge on any atom is 0.161 e. The number of hydrogen-bond acceptors (Lipinski definition) is 2. The summed E-state index contributed by atoms with van der Waals surface area (Å²) in [6, 6.07) is 7.14. The molecule has 0 aromatic heterocycles. The highest BCUT2D eigenvalue weighted by atomic mass is 16.5. The molecule has 2 unspecified atom stereocenters. The van der Waals surface area contributed by atoms with E-state index in [1.807, 2.05) is 6.07 Å². The van der Waals surface area contributed by atoms with Crippen LogP contribution in [0.25, 0.3) is 0 Å². The van der Waals surface area contributed by atoms with Gasteiger partial charge in [-0.25, -0.2) is 0 Å². The molecule has 2 aliphatic rings. The van der Waals surface area contributed by atoms with Crippen molar-refractivity contribution in [3.8, 4) is 11.5 Å². The molecule has 0 saturated heterocycles. The number of phenols is 1. The van der Waals surface area contributed by atoms with Crippen molar-refractivity contribution < 1.29 is 9.84 Å². The molecule has 2 aliphatic carbocycles. The Hall–Kier alpha value is -1.70. The lowest BCUT2D eigenvalue weighted by atomic mass is 9.95. The fourth-order valence-electron chi connectivity index (χ4n) is 3.07. The number of ether oxygens (including phenoxy) is 1. The van der Waals surface area contributed by atoms with Crippen LogP contribution in [0.4, 0.5) is 0 Å². The first-order valence-corrected chi connectivity index (χ1v) is 6.54. The van der Waals surface area contributed by atoms with Gasteiger partial charge >= 0.3 is 0 Å². The topological polar surface area (TPSA) is 29.5 Å². The summed E-state index contributed by atoms with van der Waals surface area (Å²) >= 11 is 0. The van der Waals surface area contributed by atoms with Crippen LogP contribution in [0.3, 0.4) is 0 Å². The minimum Gasteiger partial charge on any atom is -0.504 e. The van der Waals surface area contributed by atoms with E-state index in [0.717, 1.165) is 0 Å². The number of benzene rings is 1. The van der Waals surface area contributed by atoms with Crippen molar-refractivity contribution in [3.05, 3.63) is 47.6 Å². The molecular formula is C16H18O2. The summed E-state index contributed by atoms with van der Waals surface area (Å²) in [6.45, 7) is 2.73. The Morgan fingerprint density at radius 3 is 2.89 bits per heavy atom. The molecule has 18 heavy (non-hydrogen) atoms.